The number of para-hydroxylation sites is 1. The molecule has 214 valence electrons. The van der Waals surface area contributed by atoms with Crippen LogP contribution in [0.2, 0.25) is 0 Å². The van der Waals surface area contributed by atoms with E-state index in [2.05, 4.69) is 10.3 Å². The average Bonchev–Trinajstić information content (AvgIpc) is 3.54. The quantitative estimate of drug-likeness (QED) is 0.248. The van der Waals surface area contributed by atoms with Crippen LogP contribution < -0.4 is 15.0 Å². The molecule has 2 aliphatic rings. The molecule has 3 heterocycles. The smallest absolute Gasteiger partial charge is 0.332 e. The van der Waals surface area contributed by atoms with Gasteiger partial charge >= 0.3 is 6.03 Å². The van der Waals surface area contributed by atoms with E-state index < -0.39 is 18.1 Å². The fraction of sp³-hybridized carbons (Fsp3) is 0.171. The van der Waals surface area contributed by atoms with E-state index in [-0.39, 0.29) is 11.8 Å². The monoisotopic (exact) mass is 570 g/mol. The highest BCUT2D eigenvalue weighted by molar-refractivity contribution is 6.22. The Morgan fingerprint density at radius 2 is 1.70 bits per heavy atom. The number of anilines is 1. The van der Waals surface area contributed by atoms with Crippen LogP contribution in [0.25, 0.3) is 10.9 Å². The number of aromatic amines is 1. The molecular formula is C35H30N4O4. The molecular weight excluding hydrogens is 540 g/mol. The van der Waals surface area contributed by atoms with Crippen molar-refractivity contribution in [3.05, 3.63) is 131 Å². The number of urea groups is 1. The number of benzene rings is 4. The molecule has 0 spiro atoms. The molecule has 8 heteroatoms. The zero-order valence-corrected chi connectivity index (χ0v) is 23.6. The lowest BCUT2D eigenvalue weighted by Crippen LogP contribution is -2.44. The van der Waals surface area contributed by atoms with Crippen LogP contribution in [0, 0.1) is 0 Å². The highest BCUT2D eigenvalue weighted by Gasteiger charge is 2.53. The predicted octanol–water partition coefficient (Wildman–Crippen LogP) is 5.63. The minimum absolute atomic E-state index is 0.206. The molecule has 0 aliphatic carbocycles. The van der Waals surface area contributed by atoms with Gasteiger partial charge in [-0.2, -0.15) is 0 Å². The maximum atomic E-state index is 14.1. The summed E-state index contributed by atoms with van der Waals surface area (Å²) in [6.07, 6.45) is 1.13. The fourth-order valence-electron chi connectivity index (χ4n) is 6.30. The molecule has 7 rings (SSSR count). The molecule has 4 aromatic carbocycles. The zero-order chi connectivity index (χ0) is 29.5. The second kappa shape index (κ2) is 10.8. The summed E-state index contributed by atoms with van der Waals surface area (Å²) in [5, 5.41) is 3.99. The van der Waals surface area contributed by atoms with Gasteiger partial charge in [0.15, 0.2) is 0 Å². The van der Waals surface area contributed by atoms with Gasteiger partial charge in [0.2, 0.25) is 0 Å². The van der Waals surface area contributed by atoms with Crippen molar-refractivity contribution in [1.29, 1.82) is 0 Å². The largest absolute Gasteiger partial charge is 0.497 e. The number of hydrogen-bond donors (Lipinski definition) is 2. The first-order valence-electron chi connectivity index (χ1n) is 14.4. The summed E-state index contributed by atoms with van der Waals surface area (Å²) < 4.78 is 5.50. The molecule has 4 amide bonds. The second-order valence-electron chi connectivity index (χ2n) is 10.9. The summed E-state index contributed by atoms with van der Waals surface area (Å²) in [5.74, 6) is 0.182. The summed E-state index contributed by atoms with van der Waals surface area (Å²) in [7, 11) is 1.61. The van der Waals surface area contributed by atoms with E-state index in [1.54, 1.807) is 36.3 Å². The van der Waals surface area contributed by atoms with Gasteiger partial charge in [-0.1, -0.05) is 60.7 Å². The molecule has 0 radical (unpaired) electrons. The molecule has 0 unspecified atom stereocenters. The van der Waals surface area contributed by atoms with Crippen LogP contribution in [-0.4, -0.2) is 47.4 Å². The second-order valence-corrected chi connectivity index (χ2v) is 10.9. The number of amides is 4. The zero-order valence-electron chi connectivity index (χ0n) is 23.6. The van der Waals surface area contributed by atoms with Crippen molar-refractivity contribution in [1.82, 2.24) is 15.2 Å². The van der Waals surface area contributed by atoms with Gasteiger partial charge in [-0.15, -0.1) is 0 Å². The van der Waals surface area contributed by atoms with Crippen molar-refractivity contribution in [3.63, 3.8) is 0 Å². The minimum Gasteiger partial charge on any atom is -0.497 e. The molecule has 1 aromatic heterocycles. The number of nitrogens with zero attached hydrogens (tertiary/aromatic N) is 2. The number of carbonyl (C=O) groups is 3. The number of fused-ring (bicyclic) bond motifs is 4. The minimum atomic E-state index is -0.670. The van der Waals surface area contributed by atoms with Crippen LogP contribution in [0.4, 0.5) is 10.5 Å². The first-order valence-corrected chi connectivity index (χ1v) is 14.4. The first kappa shape index (κ1) is 26.5. The standard InChI is InChI=1S/C35H30N4O4/c1-43-26-11-7-10-24(20-26)32-31-28(27-12-5-6-13-29(27)37-31)21-30-34(41)38(35(42)39(30)32)25-16-14-23(15-17-25)33(40)36-19-18-22-8-3-2-4-9-22/h2-17,20,30,32,37H,18-19,21H2,1H3,(H,36,40)/t30-,32-/m0/s1. The predicted molar refractivity (Wildman–Crippen MR) is 164 cm³/mol. The van der Waals surface area contributed by atoms with Crippen LogP contribution >= 0.6 is 0 Å². The lowest BCUT2D eigenvalue weighted by molar-refractivity contribution is -0.120. The molecule has 0 saturated carbocycles. The van der Waals surface area contributed by atoms with Crippen LogP contribution in [0.3, 0.4) is 0 Å². The Morgan fingerprint density at radius 3 is 2.49 bits per heavy atom. The van der Waals surface area contributed by atoms with Crippen LogP contribution in [0.5, 0.6) is 5.75 Å². The van der Waals surface area contributed by atoms with Gasteiger partial charge in [0.25, 0.3) is 11.8 Å². The molecule has 0 bridgehead atoms. The Morgan fingerprint density at radius 1 is 0.930 bits per heavy atom. The van der Waals surface area contributed by atoms with Gasteiger partial charge in [-0.25, -0.2) is 9.69 Å². The number of nitrogens with one attached hydrogen (secondary N) is 2. The molecule has 1 saturated heterocycles. The highest BCUT2D eigenvalue weighted by atomic mass is 16.5. The Kier molecular flexibility index (Phi) is 6.66. The number of methoxy groups -OCH3 is 1. The summed E-state index contributed by atoms with van der Waals surface area (Å²) in [6.45, 7) is 0.505. The van der Waals surface area contributed by atoms with Crippen molar-refractivity contribution in [3.8, 4) is 5.75 Å². The third-order valence-corrected chi connectivity index (χ3v) is 8.39. The number of ether oxygens (including phenoxy) is 1. The highest BCUT2D eigenvalue weighted by Crippen LogP contribution is 2.45. The number of imide groups is 1. The maximum absolute atomic E-state index is 14.1. The van der Waals surface area contributed by atoms with Crippen LogP contribution in [0.1, 0.15) is 38.8 Å². The van der Waals surface area contributed by atoms with Crippen molar-refractivity contribution in [2.45, 2.75) is 24.9 Å². The van der Waals surface area contributed by atoms with Crippen molar-refractivity contribution < 1.29 is 19.1 Å². The fourth-order valence-corrected chi connectivity index (χ4v) is 6.30. The van der Waals surface area contributed by atoms with Gasteiger partial charge in [0.1, 0.15) is 17.8 Å². The normalized spacial score (nSPS) is 17.6. The third kappa shape index (κ3) is 4.61. The van der Waals surface area contributed by atoms with E-state index >= 15 is 0 Å². The number of rotatable bonds is 7. The Labute approximate surface area is 248 Å². The number of H-pyrrole nitrogens is 1. The van der Waals surface area contributed by atoms with Crippen molar-refractivity contribution in [2.75, 3.05) is 18.6 Å². The Hall–Kier alpha value is -5.37. The lowest BCUT2D eigenvalue weighted by Gasteiger charge is -2.36. The molecule has 8 nitrogen and oxygen atoms in total. The maximum Gasteiger partial charge on any atom is 0.332 e. The van der Waals surface area contributed by atoms with E-state index in [1.807, 2.05) is 78.9 Å². The average molecular weight is 571 g/mol. The van der Waals surface area contributed by atoms with Crippen LogP contribution in [0.15, 0.2) is 103 Å². The van der Waals surface area contributed by atoms with E-state index in [0.717, 1.165) is 39.7 Å². The molecule has 5 aromatic rings. The third-order valence-electron chi connectivity index (χ3n) is 8.39. The molecule has 2 aliphatic heterocycles. The molecule has 2 N–H and O–H groups in total. The number of aromatic nitrogens is 1. The van der Waals surface area contributed by atoms with Gasteiger partial charge < -0.3 is 15.0 Å². The molecule has 1 fully saturated rings. The van der Waals surface area contributed by atoms with Crippen LogP contribution in [-0.2, 0) is 17.6 Å². The van der Waals surface area contributed by atoms with E-state index in [0.29, 0.717) is 30.0 Å². The first-order chi connectivity index (χ1) is 21.0. The van der Waals surface area contributed by atoms with E-state index in [1.165, 1.54) is 4.90 Å². The Bertz CT molecular complexity index is 1850. The SMILES string of the molecule is COc1cccc([C@H]2c3[nH]c4ccccc4c3C[C@H]3C(=O)N(c4ccc(C(=O)NCCc5ccccc5)cc4)C(=O)N23)c1. The van der Waals surface area contributed by atoms with Gasteiger partial charge in [0, 0.05) is 35.1 Å². The van der Waals surface area contributed by atoms with E-state index in [4.69, 9.17) is 4.74 Å². The summed E-state index contributed by atoms with van der Waals surface area (Å²) in [4.78, 5) is 47.3. The molecule has 43 heavy (non-hydrogen) atoms. The topological polar surface area (TPSA) is 94.7 Å². The summed E-state index contributed by atoms with van der Waals surface area (Å²) in [5.41, 5.74) is 5.80. The van der Waals surface area contributed by atoms with Crippen molar-refractivity contribution >= 4 is 34.4 Å². The lowest BCUT2D eigenvalue weighted by atomic mass is 9.89. The van der Waals surface area contributed by atoms with Gasteiger partial charge in [-0.05, 0) is 65.6 Å². The van der Waals surface area contributed by atoms with Gasteiger partial charge in [-0.3, -0.25) is 14.5 Å². The van der Waals surface area contributed by atoms with Crippen molar-refractivity contribution in [2.24, 2.45) is 0 Å². The summed E-state index contributed by atoms with van der Waals surface area (Å²) in [6, 6.07) is 30.6. The molecule has 2 atom stereocenters. The number of hydrogen-bond acceptors (Lipinski definition) is 4. The number of carbonyl (C=O) groups excluding carboxylic acids is 3. The Balaban J connectivity index is 1.18. The van der Waals surface area contributed by atoms with E-state index in [9.17, 15) is 14.4 Å². The summed E-state index contributed by atoms with van der Waals surface area (Å²) >= 11 is 0. The van der Waals surface area contributed by atoms with Gasteiger partial charge in [0.05, 0.1) is 12.8 Å².